The van der Waals surface area contributed by atoms with Crippen LogP contribution in [0, 0.1) is 21.4 Å². The van der Waals surface area contributed by atoms with Crippen LogP contribution in [0.4, 0.5) is 0 Å². The second kappa shape index (κ2) is 15.6. The van der Waals surface area contributed by atoms with E-state index in [4.69, 9.17) is 14.9 Å². The smallest absolute Gasteiger partial charge is 0.251 e. The van der Waals surface area contributed by atoms with E-state index in [0.29, 0.717) is 31.9 Å². The van der Waals surface area contributed by atoms with Gasteiger partial charge in [0.15, 0.2) is 5.03 Å². The fraction of sp³-hybridized carbons (Fsp3) is 0.812. The molecule has 0 aliphatic carbocycles. The van der Waals surface area contributed by atoms with Crippen LogP contribution in [-0.2, 0) is 19.1 Å². The van der Waals surface area contributed by atoms with Gasteiger partial charge in [0.2, 0.25) is 11.8 Å². The molecule has 0 heterocycles. The highest BCUT2D eigenvalue weighted by Crippen LogP contribution is 2.00. The number of hydrogen-bond acceptors (Lipinski definition) is 7. The van der Waals surface area contributed by atoms with Crippen LogP contribution in [-0.4, -0.2) is 68.9 Å². The molecule has 1 atom stereocenters. The van der Waals surface area contributed by atoms with Gasteiger partial charge in [0.05, 0.1) is 13.2 Å². The highest BCUT2D eigenvalue weighted by Gasteiger charge is 2.20. The van der Waals surface area contributed by atoms with Gasteiger partial charge in [-0.2, -0.15) is 0 Å². The average molecular weight is 404 g/mol. The summed E-state index contributed by atoms with van der Waals surface area (Å²) < 4.78 is 9.96. The number of hydrazine groups is 1. The highest BCUT2D eigenvalue weighted by atomic mass is 16.7. The van der Waals surface area contributed by atoms with E-state index in [0.717, 1.165) is 6.42 Å². The SMILES string of the molecule is COCCOCC(=O)N[C@@H](CCCNC(=N)N[N+](=O)[O-])C(=O)NCCC(C)C. The van der Waals surface area contributed by atoms with Gasteiger partial charge >= 0.3 is 0 Å². The van der Waals surface area contributed by atoms with E-state index in [1.165, 1.54) is 7.11 Å². The lowest BCUT2D eigenvalue weighted by Gasteiger charge is -2.19. The number of nitro groups is 1. The van der Waals surface area contributed by atoms with Crippen molar-refractivity contribution < 1.29 is 24.1 Å². The Bertz CT molecular complexity index is 502. The third-order valence-corrected chi connectivity index (χ3v) is 3.51. The van der Waals surface area contributed by atoms with Crippen LogP contribution >= 0.6 is 0 Å². The van der Waals surface area contributed by atoms with E-state index in [1.807, 2.05) is 13.8 Å². The first-order valence-corrected chi connectivity index (χ1v) is 9.13. The van der Waals surface area contributed by atoms with E-state index in [9.17, 15) is 19.7 Å². The maximum absolute atomic E-state index is 12.4. The van der Waals surface area contributed by atoms with Crippen molar-refractivity contribution in [2.75, 3.05) is 40.0 Å². The van der Waals surface area contributed by atoms with Crippen molar-refractivity contribution in [2.45, 2.75) is 39.2 Å². The van der Waals surface area contributed by atoms with Gasteiger partial charge in [-0.3, -0.25) is 15.0 Å². The summed E-state index contributed by atoms with van der Waals surface area (Å²) in [6, 6.07) is -0.759. The van der Waals surface area contributed by atoms with Gasteiger partial charge < -0.3 is 25.4 Å². The number of hydrogen-bond donors (Lipinski definition) is 5. The molecule has 0 radical (unpaired) electrons. The number of carbonyl (C=O) groups excluding carboxylic acids is 2. The first-order chi connectivity index (χ1) is 13.3. The lowest BCUT2D eigenvalue weighted by Crippen LogP contribution is -2.48. The molecule has 0 fully saturated rings. The van der Waals surface area contributed by atoms with Gasteiger partial charge in [-0.15, -0.1) is 0 Å². The number of guanidine groups is 1. The monoisotopic (exact) mass is 404 g/mol. The summed E-state index contributed by atoms with van der Waals surface area (Å²) in [7, 11) is 1.52. The maximum atomic E-state index is 12.4. The van der Waals surface area contributed by atoms with Crippen LogP contribution in [0.1, 0.15) is 33.1 Å². The van der Waals surface area contributed by atoms with Crippen molar-refractivity contribution in [2.24, 2.45) is 5.92 Å². The van der Waals surface area contributed by atoms with Crippen molar-refractivity contribution in [1.29, 1.82) is 5.41 Å². The van der Waals surface area contributed by atoms with Crippen molar-refractivity contribution in [3.63, 3.8) is 0 Å². The summed E-state index contributed by atoms with van der Waals surface area (Å²) in [5.41, 5.74) is 1.68. The quantitative estimate of drug-likeness (QED) is 0.0791. The number of ether oxygens (including phenoxy) is 2. The Kier molecular flexibility index (Phi) is 14.2. The van der Waals surface area contributed by atoms with Gasteiger partial charge in [0.1, 0.15) is 12.6 Å². The summed E-state index contributed by atoms with van der Waals surface area (Å²) in [6.45, 7) is 5.27. The summed E-state index contributed by atoms with van der Waals surface area (Å²) in [6.07, 6.45) is 1.53. The molecule has 28 heavy (non-hydrogen) atoms. The van der Waals surface area contributed by atoms with Crippen LogP contribution in [0.25, 0.3) is 0 Å². The molecule has 0 aromatic rings. The van der Waals surface area contributed by atoms with E-state index in [1.54, 1.807) is 5.43 Å². The minimum absolute atomic E-state index is 0.186. The first-order valence-electron chi connectivity index (χ1n) is 9.13. The minimum Gasteiger partial charge on any atom is -0.382 e. The molecule has 0 aromatic heterocycles. The molecule has 0 aliphatic heterocycles. The van der Waals surface area contributed by atoms with Crippen LogP contribution in [0.15, 0.2) is 0 Å². The lowest BCUT2D eigenvalue weighted by molar-refractivity contribution is -0.525. The van der Waals surface area contributed by atoms with E-state index < -0.39 is 22.9 Å². The zero-order chi connectivity index (χ0) is 21.4. The molecule has 2 amide bonds. The summed E-state index contributed by atoms with van der Waals surface area (Å²) in [5.74, 6) is -0.731. The normalized spacial score (nSPS) is 11.6. The fourth-order valence-electron chi connectivity index (χ4n) is 2.07. The Morgan fingerprint density at radius 1 is 1.14 bits per heavy atom. The number of amides is 2. The Balaban J connectivity index is 4.45. The molecular formula is C16H32N6O6. The Morgan fingerprint density at radius 3 is 2.46 bits per heavy atom. The summed E-state index contributed by atoms with van der Waals surface area (Å²) in [4.78, 5) is 34.6. The minimum atomic E-state index is -0.843. The molecule has 5 N–H and O–H groups in total. The Labute approximate surface area is 164 Å². The van der Waals surface area contributed by atoms with Gasteiger partial charge in [-0.05, 0) is 25.2 Å². The Morgan fingerprint density at radius 2 is 1.86 bits per heavy atom. The molecule has 162 valence electrons. The largest absolute Gasteiger partial charge is 0.382 e. The predicted molar refractivity (Wildman–Crippen MR) is 102 cm³/mol. The zero-order valence-electron chi connectivity index (χ0n) is 16.7. The van der Waals surface area contributed by atoms with E-state index in [2.05, 4.69) is 16.0 Å². The highest BCUT2D eigenvalue weighted by molar-refractivity contribution is 5.88. The van der Waals surface area contributed by atoms with Gasteiger partial charge in [-0.1, -0.05) is 19.3 Å². The molecule has 0 saturated heterocycles. The van der Waals surface area contributed by atoms with Gasteiger partial charge in [0.25, 0.3) is 5.96 Å². The van der Waals surface area contributed by atoms with Crippen molar-refractivity contribution in [3.8, 4) is 0 Å². The average Bonchev–Trinajstić information content (AvgIpc) is 2.60. The third-order valence-electron chi connectivity index (χ3n) is 3.51. The fourth-order valence-corrected chi connectivity index (χ4v) is 2.07. The van der Waals surface area contributed by atoms with Crippen LogP contribution in [0.5, 0.6) is 0 Å². The second-order valence-electron chi connectivity index (χ2n) is 6.45. The molecular weight excluding hydrogens is 372 g/mol. The zero-order valence-corrected chi connectivity index (χ0v) is 16.7. The molecule has 0 saturated carbocycles. The molecule has 12 heteroatoms. The van der Waals surface area contributed by atoms with Gasteiger partial charge in [-0.25, -0.2) is 10.1 Å². The third kappa shape index (κ3) is 14.7. The van der Waals surface area contributed by atoms with Gasteiger partial charge in [0, 0.05) is 20.2 Å². The maximum Gasteiger partial charge on any atom is 0.251 e. The number of nitrogens with zero attached hydrogens (tertiary/aromatic N) is 1. The van der Waals surface area contributed by atoms with E-state index >= 15 is 0 Å². The van der Waals surface area contributed by atoms with Crippen molar-refractivity contribution in [1.82, 2.24) is 21.4 Å². The molecule has 0 spiro atoms. The lowest BCUT2D eigenvalue weighted by atomic mass is 10.1. The number of rotatable bonds is 15. The Hall–Kier alpha value is -2.47. The molecule has 0 aliphatic rings. The summed E-state index contributed by atoms with van der Waals surface area (Å²) >= 11 is 0. The van der Waals surface area contributed by atoms with Crippen LogP contribution < -0.4 is 21.4 Å². The van der Waals surface area contributed by atoms with Crippen molar-refractivity contribution in [3.05, 3.63) is 10.1 Å². The van der Waals surface area contributed by atoms with Crippen LogP contribution in [0.2, 0.25) is 0 Å². The second-order valence-corrected chi connectivity index (χ2v) is 6.45. The number of carbonyl (C=O) groups is 2. The summed E-state index contributed by atoms with van der Waals surface area (Å²) in [5, 5.41) is 24.6. The topological polar surface area (TPSA) is 168 Å². The number of nitrogens with one attached hydrogen (secondary N) is 5. The molecule has 12 nitrogen and oxygen atoms in total. The first kappa shape index (κ1) is 25.5. The predicted octanol–water partition coefficient (Wildman–Crippen LogP) is -0.618. The van der Waals surface area contributed by atoms with Crippen LogP contribution in [0.3, 0.4) is 0 Å². The standard InChI is InChI=1S/C16H32N6O6/c1-12(2)6-8-18-15(24)13(20-14(23)11-28-10-9-27-3)5-4-7-19-16(17)21-22(25)26/h12-13H,4-11H2,1-3H3,(H,18,24)(H,20,23)(H3,17,19,21)/t13-/m0/s1. The molecule has 0 bridgehead atoms. The molecule has 0 unspecified atom stereocenters. The number of methoxy groups -OCH3 is 1. The molecule has 0 aromatic carbocycles. The van der Waals surface area contributed by atoms with E-state index in [-0.39, 0.29) is 25.7 Å². The van der Waals surface area contributed by atoms with Crippen molar-refractivity contribution >= 4 is 17.8 Å². The molecule has 0 rings (SSSR count).